The maximum Gasteiger partial charge on any atom is 0.275 e. The average molecular weight is 386 g/mol. The van der Waals surface area contributed by atoms with Crippen LogP contribution in [0.2, 0.25) is 0 Å². The van der Waals surface area contributed by atoms with Crippen LogP contribution in [0.1, 0.15) is 5.69 Å². The number of benzene rings is 2. The van der Waals surface area contributed by atoms with E-state index >= 15 is 0 Å². The van der Waals surface area contributed by atoms with E-state index in [1.807, 2.05) is 6.07 Å². The van der Waals surface area contributed by atoms with Crippen LogP contribution in [0.3, 0.4) is 0 Å². The highest BCUT2D eigenvalue weighted by Gasteiger charge is 2.13. The van der Waals surface area contributed by atoms with E-state index in [1.54, 1.807) is 43.3 Å². The van der Waals surface area contributed by atoms with Gasteiger partial charge in [0.15, 0.2) is 0 Å². The van der Waals surface area contributed by atoms with Crippen LogP contribution in [0.4, 0.5) is 11.4 Å². The first-order chi connectivity index (χ1) is 12.7. The van der Waals surface area contributed by atoms with Crippen LogP contribution in [0.15, 0.2) is 53.3 Å². The Morgan fingerprint density at radius 2 is 1.63 bits per heavy atom. The zero-order chi connectivity index (χ0) is 19.6. The van der Waals surface area contributed by atoms with Crippen LogP contribution in [-0.2, 0) is 21.4 Å². The van der Waals surface area contributed by atoms with Crippen molar-refractivity contribution in [1.82, 2.24) is 9.78 Å². The number of aromatic nitrogens is 2. The first-order valence-corrected chi connectivity index (χ1v) is 9.97. The number of sulfonamides is 1. The topological polar surface area (TPSA) is 110 Å². The molecule has 9 heteroatoms. The molecule has 3 aromatic rings. The molecule has 1 aromatic heterocycles. The van der Waals surface area contributed by atoms with Crippen molar-refractivity contribution in [3.63, 3.8) is 0 Å². The number of para-hydroxylation sites is 2. The second kappa shape index (κ2) is 7.20. The number of carbonyl (C=O) groups is 1. The van der Waals surface area contributed by atoms with Gasteiger partial charge in [0.05, 0.1) is 28.7 Å². The summed E-state index contributed by atoms with van der Waals surface area (Å²) in [7, 11) is -3.50. The van der Waals surface area contributed by atoms with E-state index in [9.17, 15) is 18.0 Å². The quantitative estimate of drug-likeness (QED) is 0.694. The largest absolute Gasteiger partial charge is 0.323 e. The van der Waals surface area contributed by atoms with Gasteiger partial charge in [-0.15, -0.1) is 0 Å². The number of hydrogen-bond acceptors (Lipinski definition) is 5. The maximum absolute atomic E-state index is 12.6. The molecule has 27 heavy (non-hydrogen) atoms. The van der Waals surface area contributed by atoms with Gasteiger partial charge in [0.2, 0.25) is 15.9 Å². The number of anilines is 2. The number of fused-ring (bicyclic) bond motifs is 1. The summed E-state index contributed by atoms with van der Waals surface area (Å²) in [5.74, 6) is -0.498. The lowest BCUT2D eigenvalue weighted by molar-refractivity contribution is -0.117. The Balaban J connectivity index is 1.87. The summed E-state index contributed by atoms with van der Waals surface area (Å²) < 4.78 is 26.3. The highest BCUT2D eigenvalue weighted by molar-refractivity contribution is 7.92. The molecule has 1 amide bonds. The molecule has 0 aliphatic rings. The molecule has 1 heterocycles. The molecule has 2 N–H and O–H groups in total. The van der Waals surface area contributed by atoms with Gasteiger partial charge in [-0.3, -0.25) is 14.3 Å². The first-order valence-electron chi connectivity index (χ1n) is 8.08. The van der Waals surface area contributed by atoms with Gasteiger partial charge in [0.1, 0.15) is 6.54 Å². The van der Waals surface area contributed by atoms with Crippen molar-refractivity contribution in [2.45, 2.75) is 13.5 Å². The predicted octanol–water partition coefficient (Wildman–Crippen LogP) is 1.72. The van der Waals surface area contributed by atoms with Crippen molar-refractivity contribution in [2.24, 2.45) is 0 Å². The molecule has 0 aliphatic heterocycles. The minimum atomic E-state index is -3.50. The van der Waals surface area contributed by atoms with Gasteiger partial charge in [-0.05, 0) is 25.1 Å². The second-order valence-electron chi connectivity index (χ2n) is 6.06. The van der Waals surface area contributed by atoms with Gasteiger partial charge in [0.25, 0.3) is 5.56 Å². The summed E-state index contributed by atoms with van der Waals surface area (Å²) >= 11 is 0. The normalized spacial score (nSPS) is 11.3. The van der Waals surface area contributed by atoms with Gasteiger partial charge in [-0.1, -0.05) is 30.3 Å². The third-order valence-corrected chi connectivity index (χ3v) is 4.43. The maximum atomic E-state index is 12.6. The van der Waals surface area contributed by atoms with Crippen molar-refractivity contribution in [2.75, 3.05) is 16.3 Å². The average Bonchev–Trinajstić information content (AvgIpc) is 2.60. The SMILES string of the molecule is Cc1nn(CC(=O)Nc2ccccc2NS(C)(=O)=O)c(=O)c2ccccc12. The highest BCUT2D eigenvalue weighted by atomic mass is 32.2. The van der Waals surface area contributed by atoms with Crippen molar-refractivity contribution >= 4 is 38.1 Å². The summed E-state index contributed by atoms with van der Waals surface area (Å²) in [6.07, 6.45) is 1.02. The fourth-order valence-electron chi connectivity index (χ4n) is 2.72. The smallest absolute Gasteiger partial charge is 0.275 e. The minimum absolute atomic E-state index is 0.239. The number of aryl methyl sites for hydroxylation is 1. The van der Waals surface area contributed by atoms with E-state index in [0.29, 0.717) is 16.8 Å². The molecule has 2 aromatic carbocycles. The Hall–Kier alpha value is -3.20. The lowest BCUT2D eigenvalue weighted by atomic mass is 10.1. The van der Waals surface area contributed by atoms with Crippen molar-refractivity contribution in [3.05, 3.63) is 64.6 Å². The number of hydrogen-bond donors (Lipinski definition) is 2. The lowest BCUT2D eigenvalue weighted by Gasteiger charge is -2.13. The fourth-order valence-corrected chi connectivity index (χ4v) is 3.30. The molecule has 0 spiro atoms. The predicted molar refractivity (Wildman–Crippen MR) is 104 cm³/mol. The van der Waals surface area contributed by atoms with E-state index in [1.165, 1.54) is 6.07 Å². The van der Waals surface area contributed by atoms with Crippen LogP contribution < -0.4 is 15.6 Å². The summed E-state index contributed by atoms with van der Waals surface area (Å²) in [6, 6.07) is 13.5. The van der Waals surface area contributed by atoms with Gasteiger partial charge < -0.3 is 5.32 Å². The number of rotatable bonds is 5. The molecule has 0 saturated heterocycles. The number of amides is 1. The van der Waals surface area contributed by atoms with Crippen LogP contribution >= 0.6 is 0 Å². The van der Waals surface area contributed by atoms with Crippen LogP contribution in [0.25, 0.3) is 10.8 Å². The van der Waals surface area contributed by atoms with E-state index in [0.717, 1.165) is 16.3 Å². The standard InChI is InChI=1S/C18H18N4O4S/c1-12-13-7-3-4-8-14(13)18(24)22(20-12)11-17(23)19-15-9-5-6-10-16(15)21-27(2,25)26/h3-10,21H,11H2,1-2H3,(H,19,23). The Labute approximate surface area is 155 Å². The van der Waals surface area contributed by atoms with E-state index in [4.69, 9.17) is 0 Å². The number of carbonyl (C=O) groups excluding carboxylic acids is 1. The third kappa shape index (κ3) is 4.32. The van der Waals surface area contributed by atoms with Crippen molar-refractivity contribution in [1.29, 1.82) is 0 Å². The third-order valence-electron chi connectivity index (χ3n) is 3.84. The Bertz CT molecular complexity index is 1190. The Kier molecular flexibility index (Phi) is 4.95. The first kappa shape index (κ1) is 18.6. The molecule has 0 fully saturated rings. The van der Waals surface area contributed by atoms with Gasteiger partial charge in [-0.25, -0.2) is 13.1 Å². The molecule has 0 bridgehead atoms. The molecule has 0 aliphatic carbocycles. The molecule has 0 radical (unpaired) electrons. The summed E-state index contributed by atoms with van der Waals surface area (Å²) in [5.41, 5.74) is 0.799. The summed E-state index contributed by atoms with van der Waals surface area (Å²) in [6.45, 7) is 1.47. The van der Waals surface area contributed by atoms with Crippen LogP contribution in [0, 0.1) is 6.92 Å². The lowest BCUT2D eigenvalue weighted by Crippen LogP contribution is -2.30. The zero-order valence-electron chi connectivity index (χ0n) is 14.8. The monoisotopic (exact) mass is 386 g/mol. The van der Waals surface area contributed by atoms with E-state index in [2.05, 4.69) is 15.1 Å². The van der Waals surface area contributed by atoms with E-state index < -0.39 is 15.9 Å². The van der Waals surface area contributed by atoms with Crippen LogP contribution in [0.5, 0.6) is 0 Å². The second-order valence-corrected chi connectivity index (χ2v) is 7.81. The molecule has 140 valence electrons. The van der Waals surface area contributed by atoms with Gasteiger partial charge >= 0.3 is 0 Å². The summed E-state index contributed by atoms with van der Waals surface area (Å²) in [5, 5.41) is 8.03. The van der Waals surface area contributed by atoms with Crippen molar-refractivity contribution < 1.29 is 13.2 Å². The number of nitrogens with one attached hydrogen (secondary N) is 2. The molecular formula is C18H18N4O4S. The minimum Gasteiger partial charge on any atom is -0.323 e. The van der Waals surface area contributed by atoms with Gasteiger partial charge in [0, 0.05) is 5.39 Å². The molecule has 0 atom stereocenters. The number of nitrogens with zero attached hydrogens (tertiary/aromatic N) is 2. The molecule has 8 nitrogen and oxygen atoms in total. The van der Waals surface area contributed by atoms with Crippen LogP contribution in [-0.4, -0.2) is 30.4 Å². The fraction of sp³-hybridized carbons (Fsp3) is 0.167. The zero-order valence-corrected chi connectivity index (χ0v) is 15.6. The molecule has 3 rings (SSSR count). The Morgan fingerprint density at radius 3 is 2.30 bits per heavy atom. The van der Waals surface area contributed by atoms with E-state index in [-0.39, 0.29) is 17.8 Å². The van der Waals surface area contributed by atoms with Crippen molar-refractivity contribution in [3.8, 4) is 0 Å². The molecular weight excluding hydrogens is 368 g/mol. The molecule has 0 unspecified atom stereocenters. The summed E-state index contributed by atoms with van der Waals surface area (Å²) in [4.78, 5) is 25.0. The highest BCUT2D eigenvalue weighted by Crippen LogP contribution is 2.22. The molecule has 0 saturated carbocycles. The van der Waals surface area contributed by atoms with Gasteiger partial charge in [-0.2, -0.15) is 5.10 Å². The Morgan fingerprint density at radius 1 is 1.04 bits per heavy atom.